The summed E-state index contributed by atoms with van der Waals surface area (Å²) in [5.74, 6) is 0.0497. The van der Waals surface area contributed by atoms with Gasteiger partial charge >= 0.3 is 0 Å². The minimum Gasteiger partial charge on any atom is -0.354 e. The molecule has 6 nitrogen and oxygen atoms in total. The molecule has 0 bridgehead atoms. The Balaban J connectivity index is 1.86. The van der Waals surface area contributed by atoms with Crippen LogP contribution in [0, 0.1) is 10.1 Å². The van der Waals surface area contributed by atoms with Gasteiger partial charge in [0.1, 0.15) is 0 Å². The molecule has 0 spiro atoms. The van der Waals surface area contributed by atoms with Crippen LogP contribution in [0.2, 0.25) is 0 Å². The van der Waals surface area contributed by atoms with Gasteiger partial charge in [-0.3, -0.25) is 14.9 Å². The third kappa shape index (κ3) is 5.65. The van der Waals surface area contributed by atoms with Crippen molar-refractivity contribution in [3.05, 3.63) is 51.4 Å². The number of para-hydroxylation sites is 1. The minimum absolute atomic E-state index is 0.0497. The number of nitro benzene ring substituents is 1. The summed E-state index contributed by atoms with van der Waals surface area (Å²) in [6.45, 7) is 5.26. The van der Waals surface area contributed by atoms with Crippen LogP contribution in [0.3, 0.4) is 0 Å². The molecule has 2 aromatic rings. The summed E-state index contributed by atoms with van der Waals surface area (Å²) in [5.41, 5.74) is 0.752. The largest absolute Gasteiger partial charge is 0.354 e. The van der Waals surface area contributed by atoms with E-state index >= 15 is 0 Å². The van der Waals surface area contributed by atoms with E-state index in [1.807, 2.05) is 26.0 Å². The van der Waals surface area contributed by atoms with Crippen molar-refractivity contribution in [2.24, 2.45) is 0 Å². The highest BCUT2D eigenvalue weighted by Gasteiger charge is 2.15. The van der Waals surface area contributed by atoms with Crippen molar-refractivity contribution in [1.29, 1.82) is 0 Å². The molecule has 25 heavy (non-hydrogen) atoms. The Morgan fingerprint density at radius 3 is 2.76 bits per heavy atom. The maximum Gasteiger partial charge on any atom is 0.278 e. The fourth-order valence-electron chi connectivity index (χ4n) is 2.32. The van der Waals surface area contributed by atoms with E-state index in [0.717, 1.165) is 16.2 Å². The Labute approximate surface area is 151 Å². The van der Waals surface area contributed by atoms with E-state index in [1.165, 1.54) is 17.4 Å². The second-order valence-electron chi connectivity index (χ2n) is 5.84. The Bertz CT molecular complexity index is 730. The summed E-state index contributed by atoms with van der Waals surface area (Å²) < 4.78 is 0. The minimum atomic E-state index is -0.358. The molecular formula is C18H23N3O3S. The summed E-state index contributed by atoms with van der Waals surface area (Å²) in [5, 5.41) is 17.3. The number of thiophene rings is 1. The average Bonchev–Trinajstić information content (AvgIpc) is 3.07. The Kier molecular flexibility index (Phi) is 7.09. The number of nitro groups is 1. The van der Waals surface area contributed by atoms with Gasteiger partial charge < -0.3 is 10.6 Å². The molecule has 1 heterocycles. The Hall–Kier alpha value is -2.25. The second-order valence-corrected chi connectivity index (χ2v) is 7.01. The van der Waals surface area contributed by atoms with Crippen molar-refractivity contribution in [1.82, 2.24) is 10.6 Å². The van der Waals surface area contributed by atoms with E-state index in [4.69, 9.17) is 0 Å². The summed E-state index contributed by atoms with van der Waals surface area (Å²) in [6.07, 6.45) is 1.36. The van der Waals surface area contributed by atoms with Crippen molar-refractivity contribution >= 4 is 22.9 Å². The van der Waals surface area contributed by atoms with Gasteiger partial charge in [0, 0.05) is 41.4 Å². The van der Waals surface area contributed by atoms with Gasteiger partial charge in [-0.05, 0) is 31.5 Å². The predicted molar refractivity (Wildman–Crippen MR) is 101 cm³/mol. The lowest BCUT2D eigenvalue weighted by Crippen LogP contribution is -2.33. The number of amides is 1. The van der Waals surface area contributed by atoms with Crippen LogP contribution in [0.25, 0.3) is 10.4 Å². The SMILES string of the molecule is CCC(C)NC(=O)CCNCc1ccc(-c2ccccc2[N+](=O)[O-])s1. The molecule has 1 unspecified atom stereocenters. The fraction of sp³-hybridized carbons (Fsp3) is 0.389. The molecular weight excluding hydrogens is 338 g/mol. The average molecular weight is 361 g/mol. The normalized spacial score (nSPS) is 11.9. The smallest absolute Gasteiger partial charge is 0.278 e. The molecule has 0 aliphatic carbocycles. The van der Waals surface area contributed by atoms with Crippen LogP contribution < -0.4 is 10.6 Å². The molecule has 1 amide bonds. The van der Waals surface area contributed by atoms with Crippen LogP contribution in [-0.2, 0) is 11.3 Å². The molecule has 0 radical (unpaired) electrons. The number of carbonyl (C=O) groups is 1. The number of hydrogen-bond acceptors (Lipinski definition) is 5. The van der Waals surface area contributed by atoms with Crippen LogP contribution >= 0.6 is 11.3 Å². The zero-order chi connectivity index (χ0) is 18.2. The molecule has 2 rings (SSSR count). The van der Waals surface area contributed by atoms with Crippen LogP contribution in [0.4, 0.5) is 5.69 Å². The van der Waals surface area contributed by atoms with Gasteiger partial charge in [0.25, 0.3) is 5.69 Å². The van der Waals surface area contributed by atoms with Crippen molar-refractivity contribution in [2.45, 2.75) is 39.3 Å². The number of carbonyl (C=O) groups excluding carboxylic acids is 1. The number of nitrogens with one attached hydrogen (secondary N) is 2. The number of benzene rings is 1. The molecule has 0 saturated carbocycles. The molecule has 1 atom stereocenters. The number of hydrogen-bond donors (Lipinski definition) is 2. The lowest BCUT2D eigenvalue weighted by atomic mass is 10.1. The predicted octanol–water partition coefficient (Wildman–Crippen LogP) is 3.72. The van der Waals surface area contributed by atoms with Gasteiger partial charge in [-0.15, -0.1) is 11.3 Å². The first-order valence-corrected chi connectivity index (χ1v) is 9.15. The monoisotopic (exact) mass is 361 g/mol. The molecule has 2 N–H and O–H groups in total. The highest BCUT2D eigenvalue weighted by molar-refractivity contribution is 7.15. The van der Waals surface area contributed by atoms with Crippen LogP contribution in [0.5, 0.6) is 0 Å². The van der Waals surface area contributed by atoms with E-state index in [0.29, 0.717) is 25.1 Å². The first-order valence-electron chi connectivity index (χ1n) is 8.33. The van der Waals surface area contributed by atoms with Gasteiger partial charge in [-0.1, -0.05) is 19.1 Å². The maximum atomic E-state index is 11.7. The van der Waals surface area contributed by atoms with E-state index in [9.17, 15) is 14.9 Å². The zero-order valence-corrected chi connectivity index (χ0v) is 15.3. The third-order valence-corrected chi connectivity index (χ3v) is 4.99. The Morgan fingerprint density at radius 2 is 2.04 bits per heavy atom. The first kappa shape index (κ1) is 19.1. The standard InChI is InChI=1S/C18H23N3O3S/c1-3-13(2)20-18(22)10-11-19-12-14-8-9-17(25-14)15-6-4-5-7-16(15)21(23)24/h4-9,13,19H,3,10-12H2,1-2H3,(H,20,22). The molecule has 0 saturated heterocycles. The van der Waals surface area contributed by atoms with Crippen molar-refractivity contribution in [3.8, 4) is 10.4 Å². The van der Waals surface area contributed by atoms with E-state index in [2.05, 4.69) is 10.6 Å². The summed E-state index contributed by atoms with van der Waals surface area (Å²) in [7, 11) is 0. The van der Waals surface area contributed by atoms with Crippen molar-refractivity contribution in [2.75, 3.05) is 6.54 Å². The fourth-order valence-corrected chi connectivity index (χ4v) is 3.33. The maximum absolute atomic E-state index is 11.7. The van der Waals surface area contributed by atoms with Gasteiger partial charge in [0.15, 0.2) is 0 Å². The summed E-state index contributed by atoms with van der Waals surface area (Å²) >= 11 is 1.52. The lowest BCUT2D eigenvalue weighted by Gasteiger charge is -2.11. The second kappa shape index (κ2) is 9.29. The highest BCUT2D eigenvalue weighted by Crippen LogP contribution is 2.34. The summed E-state index contributed by atoms with van der Waals surface area (Å²) in [4.78, 5) is 24.4. The van der Waals surface area contributed by atoms with E-state index in [1.54, 1.807) is 18.2 Å². The molecule has 7 heteroatoms. The molecule has 1 aromatic heterocycles. The van der Waals surface area contributed by atoms with E-state index in [-0.39, 0.29) is 22.6 Å². The quantitative estimate of drug-likeness (QED) is 0.405. The molecule has 0 aliphatic rings. The van der Waals surface area contributed by atoms with Crippen molar-refractivity contribution < 1.29 is 9.72 Å². The molecule has 134 valence electrons. The third-order valence-electron chi connectivity index (χ3n) is 3.88. The van der Waals surface area contributed by atoms with Gasteiger partial charge in [0.2, 0.25) is 5.91 Å². The molecule has 1 aromatic carbocycles. The van der Waals surface area contributed by atoms with E-state index < -0.39 is 0 Å². The van der Waals surface area contributed by atoms with Gasteiger partial charge in [0.05, 0.1) is 10.5 Å². The number of nitrogens with zero attached hydrogens (tertiary/aromatic N) is 1. The topological polar surface area (TPSA) is 84.3 Å². The highest BCUT2D eigenvalue weighted by atomic mass is 32.1. The van der Waals surface area contributed by atoms with Gasteiger partial charge in [-0.25, -0.2) is 0 Å². The lowest BCUT2D eigenvalue weighted by molar-refractivity contribution is -0.384. The summed E-state index contributed by atoms with van der Waals surface area (Å²) in [6, 6.07) is 10.8. The van der Waals surface area contributed by atoms with Crippen LogP contribution in [0.1, 0.15) is 31.6 Å². The van der Waals surface area contributed by atoms with Crippen molar-refractivity contribution in [3.63, 3.8) is 0 Å². The number of rotatable bonds is 9. The van der Waals surface area contributed by atoms with Crippen LogP contribution in [-0.4, -0.2) is 23.4 Å². The zero-order valence-electron chi connectivity index (χ0n) is 14.5. The first-order chi connectivity index (χ1) is 12.0. The van der Waals surface area contributed by atoms with Gasteiger partial charge in [-0.2, -0.15) is 0 Å². The Morgan fingerprint density at radius 1 is 1.28 bits per heavy atom. The molecule has 0 aliphatic heterocycles. The van der Waals surface area contributed by atoms with Crippen LogP contribution in [0.15, 0.2) is 36.4 Å². The molecule has 0 fully saturated rings.